The fraction of sp³-hybridized carbons (Fsp3) is 0.450. The number of hydrogen-bond acceptors (Lipinski definition) is 5. The minimum absolute atomic E-state index is 0.366. The van der Waals surface area contributed by atoms with Crippen molar-refractivity contribution in [2.45, 2.75) is 25.3 Å². The van der Waals surface area contributed by atoms with E-state index in [4.69, 9.17) is 14.8 Å². The highest BCUT2D eigenvalue weighted by Gasteiger charge is 2.25. The molecule has 4 rings (SSSR count). The number of ether oxygens (including phenoxy) is 1. The van der Waals surface area contributed by atoms with Crippen molar-refractivity contribution < 1.29 is 4.74 Å². The van der Waals surface area contributed by atoms with Crippen molar-refractivity contribution in [3.63, 3.8) is 0 Å². The molecule has 27 heavy (non-hydrogen) atoms. The molecule has 7 heteroatoms. The summed E-state index contributed by atoms with van der Waals surface area (Å²) in [6.45, 7) is 2.16. The molecule has 1 aliphatic heterocycles. The van der Waals surface area contributed by atoms with Gasteiger partial charge in [-0.2, -0.15) is 10.2 Å². The standard InChI is InChI=1S/C20H26N6O/c1-24-12-9-16(10-13-24)26-20(17-8-11-21-25(17)2)22-19(23-26)14-15-6-4-5-7-18(15)27-3/h4-8,11,16H,9-10,12-14H2,1-3H3. The van der Waals surface area contributed by atoms with Crippen LogP contribution in [0.2, 0.25) is 0 Å². The maximum Gasteiger partial charge on any atom is 0.176 e. The zero-order chi connectivity index (χ0) is 18.8. The predicted octanol–water partition coefficient (Wildman–Crippen LogP) is 2.54. The molecule has 1 aromatic carbocycles. The number of benzene rings is 1. The average Bonchev–Trinajstić information content (AvgIpc) is 3.28. The summed E-state index contributed by atoms with van der Waals surface area (Å²) in [5, 5.41) is 9.24. The Kier molecular flexibility index (Phi) is 4.94. The van der Waals surface area contributed by atoms with Crippen molar-refractivity contribution in [3.05, 3.63) is 47.9 Å². The second-order valence-electron chi connectivity index (χ2n) is 7.16. The highest BCUT2D eigenvalue weighted by Crippen LogP contribution is 2.28. The number of aryl methyl sites for hydroxylation is 1. The van der Waals surface area contributed by atoms with E-state index < -0.39 is 0 Å². The maximum absolute atomic E-state index is 5.49. The molecule has 0 amide bonds. The zero-order valence-corrected chi connectivity index (χ0v) is 16.2. The number of para-hydroxylation sites is 1. The molecule has 0 unspecified atom stereocenters. The number of aromatic nitrogens is 5. The Bertz CT molecular complexity index is 907. The SMILES string of the molecule is COc1ccccc1Cc1nc(-c2ccnn2C)n(C2CCN(C)CC2)n1. The van der Waals surface area contributed by atoms with Crippen molar-refractivity contribution in [2.75, 3.05) is 27.2 Å². The molecule has 0 bridgehead atoms. The number of likely N-dealkylation sites (tertiary alicyclic amines) is 1. The molecule has 1 fully saturated rings. The Morgan fingerprint density at radius 2 is 1.89 bits per heavy atom. The third-order valence-corrected chi connectivity index (χ3v) is 5.30. The van der Waals surface area contributed by atoms with Crippen LogP contribution in [0.1, 0.15) is 30.3 Å². The lowest BCUT2D eigenvalue weighted by molar-refractivity contribution is 0.213. The van der Waals surface area contributed by atoms with Crippen LogP contribution in [0.3, 0.4) is 0 Å². The number of nitrogens with zero attached hydrogens (tertiary/aromatic N) is 6. The monoisotopic (exact) mass is 366 g/mol. The Morgan fingerprint density at radius 1 is 1.11 bits per heavy atom. The zero-order valence-electron chi connectivity index (χ0n) is 16.2. The molecule has 3 heterocycles. The van der Waals surface area contributed by atoms with Crippen molar-refractivity contribution in [1.82, 2.24) is 29.4 Å². The van der Waals surface area contributed by atoms with E-state index in [-0.39, 0.29) is 0 Å². The van der Waals surface area contributed by atoms with Gasteiger partial charge in [0.25, 0.3) is 0 Å². The van der Waals surface area contributed by atoms with Gasteiger partial charge in [0, 0.05) is 25.2 Å². The van der Waals surface area contributed by atoms with Gasteiger partial charge >= 0.3 is 0 Å². The first-order valence-electron chi connectivity index (χ1n) is 9.40. The number of hydrogen-bond donors (Lipinski definition) is 0. The van der Waals surface area contributed by atoms with Crippen LogP contribution in [0.15, 0.2) is 36.5 Å². The minimum atomic E-state index is 0.366. The summed E-state index contributed by atoms with van der Waals surface area (Å²) in [4.78, 5) is 7.27. The smallest absolute Gasteiger partial charge is 0.176 e. The van der Waals surface area contributed by atoms with Crippen molar-refractivity contribution >= 4 is 0 Å². The number of piperidine rings is 1. The first-order valence-corrected chi connectivity index (χ1v) is 9.40. The van der Waals surface area contributed by atoms with Gasteiger partial charge in [-0.25, -0.2) is 9.67 Å². The molecule has 0 saturated carbocycles. The molecular weight excluding hydrogens is 340 g/mol. The first kappa shape index (κ1) is 17.7. The van der Waals surface area contributed by atoms with Gasteiger partial charge in [-0.1, -0.05) is 18.2 Å². The van der Waals surface area contributed by atoms with E-state index in [1.165, 1.54) is 0 Å². The summed E-state index contributed by atoms with van der Waals surface area (Å²) in [6.07, 6.45) is 4.62. The van der Waals surface area contributed by atoms with E-state index in [1.54, 1.807) is 7.11 Å². The lowest BCUT2D eigenvalue weighted by atomic mass is 10.1. The molecule has 1 saturated heterocycles. The summed E-state index contributed by atoms with van der Waals surface area (Å²) >= 11 is 0. The molecule has 1 aliphatic rings. The van der Waals surface area contributed by atoms with Gasteiger partial charge in [-0.05, 0) is 45.1 Å². The van der Waals surface area contributed by atoms with Gasteiger partial charge in [-0.3, -0.25) is 4.68 Å². The topological polar surface area (TPSA) is 61.0 Å². The van der Waals surface area contributed by atoms with Crippen LogP contribution < -0.4 is 4.74 Å². The van der Waals surface area contributed by atoms with E-state index in [1.807, 2.05) is 42.2 Å². The predicted molar refractivity (Wildman–Crippen MR) is 104 cm³/mol. The summed E-state index contributed by atoms with van der Waals surface area (Å²) in [7, 11) is 5.82. The Morgan fingerprint density at radius 3 is 2.59 bits per heavy atom. The third kappa shape index (κ3) is 3.60. The van der Waals surface area contributed by atoms with Gasteiger partial charge in [0.05, 0.1) is 13.2 Å². The van der Waals surface area contributed by atoms with E-state index in [9.17, 15) is 0 Å². The van der Waals surface area contributed by atoms with Crippen molar-refractivity contribution in [2.24, 2.45) is 7.05 Å². The first-order chi connectivity index (χ1) is 13.2. The number of rotatable bonds is 5. The Labute approximate surface area is 159 Å². The van der Waals surface area contributed by atoms with E-state index in [2.05, 4.69) is 27.8 Å². The average molecular weight is 366 g/mol. The van der Waals surface area contributed by atoms with Crippen LogP contribution in [0.25, 0.3) is 11.5 Å². The van der Waals surface area contributed by atoms with Gasteiger partial charge < -0.3 is 9.64 Å². The molecule has 0 radical (unpaired) electrons. The van der Waals surface area contributed by atoms with E-state index in [0.29, 0.717) is 12.5 Å². The summed E-state index contributed by atoms with van der Waals surface area (Å²) in [6, 6.07) is 10.4. The van der Waals surface area contributed by atoms with Crippen LogP contribution in [-0.2, 0) is 13.5 Å². The van der Waals surface area contributed by atoms with Crippen LogP contribution in [-0.4, -0.2) is 56.7 Å². The van der Waals surface area contributed by atoms with Gasteiger partial charge in [0.15, 0.2) is 11.6 Å². The normalized spacial score (nSPS) is 16.0. The van der Waals surface area contributed by atoms with Crippen molar-refractivity contribution in [1.29, 1.82) is 0 Å². The lowest BCUT2D eigenvalue weighted by Crippen LogP contribution is -2.32. The van der Waals surface area contributed by atoms with E-state index in [0.717, 1.165) is 54.6 Å². The lowest BCUT2D eigenvalue weighted by Gasteiger charge is -2.29. The molecule has 0 atom stereocenters. The fourth-order valence-corrected chi connectivity index (χ4v) is 3.72. The minimum Gasteiger partial charge on any atom is -0.496 e. The fourth-order valence-electron chi connectivity index (χ4n) is 3.72. The Hall–Kier alpha value is -2.67. The van der Waals surface area contributed by atoms with Crippen LogP contribution >= 0.6 is 0 Å². The largest absolute Gasteiger partial charge is 0.496 e. The summed E-state index contributed by atoms with van der Waals surface area (Å²) in [5.41, 5.74) is 2.09. The second kappa shape index (κ2) is 7.52. The van der Waals surface area contributed by atoms with Crippen LogP contribution in [0.4, 0.5) is 0 Å². The van der Waals surface area contributed by atoms with Crippen LogP contribution in [0.5, 0.6) is 5.75 Å². The van der Waals surface area contributed by atoms with Crippen LogP contribution in [0, 0.1) is 0 Å². The molecule has 2 aromatic heterocycles. The molecule has 0 aliphatic carbocycles. The van der Waals surface area contributed by atoms with Crippen molar-refractivity contribution in [3.8, 4) is 17.3 Å². The highest BCUT2D eigenvalue weighted by atomic mass is 16.5. The molecule has 0 N–H and O–H groups in total. The maximum atomic E-state index is 5.49. The quantitative estimate of drug-likeness (QED) is 0.694. The molecular formula is C20H26N6O. The third-order valence-electron chi connectivity index (χ3n) is 5.30. The highest BCUT2D eigenvalue weighted by molar-refractivity contribution is 5.50. The molecule has 3 aromatic rings. The van der Waals surface area contributed by atoms with Gasteiger partial charge in [0.2, 0.25) is 0 Å². The summed E-state index contributed by atoms with van der Waals surface area (Å²) < 4.78 is 9.48. The molecule has 7 nitrogen and oxygen atoms in total. The second-order valence-corrected chi connectivity index (χ2v) is 7.16. The molecule has 142 valence electrons. The molecule has 0 spiro atoms. The van der Waals surface area contributed by atoms with E-state index >= 15 is 0 Å². The van der Waals surface area contributed by atoms with Gasteiger partial charge in [-0.15, -0.1) is 0 Å². The Balaban J connectivity index is 1.70. The summed E-state index contributed by atoms with van der Waals surface area (Å²) in [5.74, 6) is 2.58. The number of methoxy groups -OCH3 is 1. The van der Waals surface area contributed by atoms with Gasteiger partial charge in [0.1, 0.15) is 11.4 Å².